The maximum Gasteiger partial charge on any atom is 0.123 e. The zero-order chi connectivity index (χ0) is 20.2. The molecule has 3 aromatic carbocycles. The molecule has 0 saturated carbocycles. The van der Waals surface area contributed by atoms with Crippen molar-refractivity contribution in [2.45, 2.75) is 37.3 Å². The Bertz CT molecular complexity index is 1010. The fourth-order valence-electron chi connectivity index (χ4n) is 4.37. The van der Waals surface area contributed by atoms with Crippen LogP contribution in [0.4, 0.5) is 4.39 Å². The molecule has 2 N–H and O–H groups in total. The molecule has 4 heteroatoms. The molecule has 0 spiro atoms. The summed E-state index contributed by atoms with van der Waals surface area (Å²) in [5.41, 5.74) is 8.65. The van der Waals surface area contributed by atoms with Crippen molar-refractivity contribution in [2.75, 3.05) is 6.61 Å². The highest BCUT2D eigenvalue weighted by atomic mass is 19.1. The third-order valence-electron chi connectivity index (χ3n) is 6.01. The molecule has 4 rings (SSSR count). The van der Waals surface area contributed by atoms with E-state index in [4.69, 9.17) is 10.5 Å². The summed E-state index contributed by atoms with van der Waals surface area (Å²) >= 11 is 0. The molecule has 0 aromatic heterocycles. The van der Waals surface area contributed by atoms with Gasteiger partial charge in [-0.25, -0.2) is 4.39 Å². The number of rotatable bonds is 5. The average Bonchev–Trinajstić information content (AvgIpc) is 2.75. The van der Waals surface area contributed by atoms with E-state index < -0.39 is 0 Å². The zero-order valence-electron chi connectivity index (χ0n) is 16.3. The molecule has 4 atom stereocenters. The van der Waals surface area contributed by atoms with Crippen molar-refractivity contribution in [2.24, 2.45) is 11.7 Å². The second-order valence-corrected chi connectivity index (χ2v) is 7.94. The van der Waals surface area contributed by atoms with Crippen LogP contribution in [0.3, 0.4) is 0 Å². The predicted molar refractivity (Wildman–Crippen MR) is 113 cm³/mol. The maximum atomic E-state index is 13.1. The molecule has 0 bridgehead atoms. The van der Waals surface area contributed by atoms with E-state index >= 15 is 0 Å². The quantitative estimate of drug-likeness (QED) is 0.673. The Hall–Kier alpha value is -2.74. The topological polar surface area (TPSA) is 59.0 Å². The fourth-order valence-corrected chi connectivity index (χ4v) is 4.37. The van der Waals surface area contributed by atoms with Gasteiger partial charge in [-0.2, -0.15) is 5.26 Å². The van der Waals surface area contributed by atoms with E-state index in [1.807, 2.05) is 12.1 Å². The van der Waals surface area contributed by atoms with Gasteiger partial charge in [-0.05, 0) is 52.8 Å². The van der Waals surface area contributed by atoms with Crippen LogP contribution in [0.15, 0.2) is 66.7 Å². The highest BCUT2D eigenvalue weighted by Crippen LogP contribution is 2.37. The van der Waals surface area contributed by atoms with Crippen LogP contribution in [0.2, 0.25) is 0 Å². The van der Waals surface area contributed by atoms with Crippen LogP contribution < -0.4 is 5.73 Å². The van der Waals surface area contributed by atoms with Gasteiger partial charge >= 0.3 is 0 Å². The van der Waals surface area contributed by atoms with Gasteiger partial charge in [0, 0.05) is 18.4 Å². The molecule has 1 saturated heterocycles. The van der Waals surface area contributed by atoms with E-state index in [0.29, 0.717) is 19.4 Å². The van der Waals surface area contributed by atoms with Gasteiger partial charge < -0.3 is 10.5 Å². The molecule has 29 heavy (non-hydrogen) atoms. The molecule has 3 aromatic rings. The Kier molecular flexibility index (Phi) is 5.89. The summed E-state index contributed by atoms with van der Waals surface area (Å²) in [5.74, 6) is 0.149. The van der Waals surface area contributed by atoms with Crippen LogP contribution >= 0.6 is 0 Å². The first kappa shape index (κ1) is 19.6. The lowest BCUT2D eigenvalue weighted by molar-refractivity contribution is -0.0353. The van der Waals surface area contributed by atoms with Crippen molar-refractivity contribution in [3.63, 3.8) is 0 Å². The maximum absolute atomic E-state index is 13.1. The second kappa shape index (κ2) is 8.73. The molecule has 1 fully saturated rings. The van der Waals surface area contributed by atoms with Crippen LogP contribution in [-0.2, 0) is 11.2 Å². The van der Waals surface area contributed by atoms with Gasteiger partial charge in [0.2, 0.25) is 0 Å². The first-order valence-corrected chi connectivity index (χ1v) is 10.1. The number of halogens is 1. The third kappa shape index (κ3) is 4.48. The predicted octanol–water partition coefficient (Wildman–Crippen LogP) is 4.95. The molecule has 1 aliphatic heterocycles. The van der Waals surface area contributed by atoms with Gasteiger partial charge in [0.15, 0.2) is 0 Å². The Balaban J connectivity index is 1.49. The van der Waals surface area contributed by atoms with Gasteiger partial charge in [-0.15, -0.1) is 0 Å². The molecule has 0 unspecified atom stereocenters. The minimum absolute atomic E-state index is 0.102. The van der Waals surface area contributed by atoms with Crippen LogP contribution in [0, 0.1) is 23.1 Å². The number of hydrogen-bond donors (Lipinski definition) is 1. The highest BCUT2D eigenvalue weighted by molar-refractivity contribution is 5.83. The number of benzene rings is 3. The van der Waals surface area contributed by atoms with E-state index in [2.05, 4.69) is 36.4 Å². The Morgan fingerprint density at radius 2 is 1.83 bits per heavy atom. The largest absolute Gasteiger partial charge is 0.376 e. The molecular weight excluding hydrogens is 363 g/mol. The first-order valence-electron chi connectivity index (χ1n) is 10.1. The van der Waals surface area contributed by atoms with Crippen LogP contribution in [0.5, 0.6) is 0 Å². The number of nitrogens with zero attached hydrogens (tertiary/aromatic N) is 1. The monoisotopic (exact) mass is 388 g/mol. The van der Waals surface area contributed by atoms with E-state index in [9.17, 15) is 9.65 Å². The molecule has 0 aliphatic carbocycles. The molecular formula is C25H25FN2O. The van der Waals surface area contributed by atoms with Gasteiger partial charge in [0.05, 0.1) is 18.8 Å². The number of nitriles is 1. The van der Waals surface area contributed by atoms with Gasteiger partial charge in [-0.3, -0.25) is 0 Å². The molecule has 0 amide bonds. The highest BCUT2D eigenvalue weighted by Gasteiger charge is 2.34. The summed E-state index contributed by atoms with van der Waals surface area (Å²) in [6.07, 6.45) is 1.77. The minimum atomic E-state index is -0.247. The lowest BCUT2D eigenvalue weighted by Gasteiger charge is -2.38. The van der Waals surface area contributed by atoms with E-state index in [1.165, 1.54) is 28.5 Å². The van der Waals surface area contributed by atoms with Gasteiger partial charge in [0.25, 0.3) is 0 Å². The summed E-state index contributed by atoms with van der Waals surface area (Å²) in [5, 5.41) is 11.8. The van der Waals surface area contributed by atoms with Gasteiger partial charge in [-0.1, -0.05) is 54.6 Å². The smallest absolute Gasteiger partial charge is 0.123 e. The van der Waals surface area contributed by atoms with Crippen molar-refractivity contribution in [3.8, 4) is 6.07 Å². The molecule has 148 valence electrons. The van der Waals surface area contributed by atoms with E-state index in [1.54, 1.807) is 12.1 Å². The lowest BCUT2D eigenvalue weighted by atomic mass is 9.77. The third-order valence-corrected chi connectivity index (χ3v) is 6.01. The van der Waals surface area contributed by atoms with Crippen LogP contribution in [0.1, 0.15) is 29.9 Å². The van der Waals surface area contributed by atoms with Crippen molar-refractivity contribution in [1.29, 1.82) is 5.26 Å². The van der Waals surface area contributed by atoms with Crippen molar-refractivity contribution < 1.29 is 9.13 Å². The lowest BCUT2D eigenvalue weighted by Crippen LogP contribution is -2.44. The van der Waals surface area contributed by atoms with Crippen molar-refractivity contribution in [1.82, 2.24) is 0 Å². The van der Waals surface area contributed by atoms with Crippen LogP contribution in [0.25, 0.3) is 10.8 Å². The fraction of sp³-hybridized carbons (Fsp3) is 0.320. The molecule has 3 nitrogen and oxygen atoms in total. The number of nitrogens with two attached hydrogens (primary N) is 1. The summed E-state index contributed by atoms with van der Waals surface area (Å²) in [4.78, 5) is 0. The minimum Gasteiger partial charge on any atom is -0.376 e. The number of ether oxygens (including phenoxy) is 1. The second-order valence-electron chi connectivity index (χ2n) is 7.94. The van der Waals surface area contributed by atoms with Gasteiger partial charge in [0.1, 0.15) is 5.82 Å². The molecule has 1 heterocycles. The summed E-state index contributed by atoms with van der Waals surface area (Å²) < 4.78 is 19.3. The number of fused-ring (bicyclic) bond motifs is 1. The standard InChI is InChI=1S/C25H25FN2O/c26-22-9-5-17(6-10-22)13-24(28)25-15-21(11-12-27)23(16-29-25)20-8-7-18-3-1-2-4-19(18)14-20/h1-10,14,21,23-25H,11,13,15-16,28H2/t21-,23-,24+,25+/m0/s1. The van der Waals surface area contributed by atoms with Crippen molar-refractivity contribution >= 4 is 10.8 Å². The summed E-state index contributed by atoms with van der Waals surface area (Å²) in [6, 6.07) is 23.4. The summed E-state index contributed by atoms with van der Waals surface area (Å²) in [6.45, 7) is 0.562. The summed E-state index contributed by atoms with van der Waals surface area (Å²) in [7, 11) is 0. The SMILES string of the molecule is N#CC[C@H]1C[C@H]([C@H](N)Cc2ccc(F)cc2)OC[C@H]1c1ccc2ccccc2c1. The Morgan fingerprint density at radius 1 is 1.07 bits per heavy atom. The Morgan fingerprint density at radius 3 is 2.59 bits per heavy atom. The molecule has 0 radical (unpaired) electrons. The van der Waals surface area contributed by atoms with E-state index in [-0.39, 0.29) is 29.8 Å². The van der Waals surface area contributed by atoms with E-state index in [0.717, 1.165) is 12.0 Å². The first-order chi connectivity index (χ1) is 14.1. The normalized spacial score (nSPS) is 22.9. The van der Waals surface area contributed by atoms with Crippen LogP contribution in [-0.4, -0.2) is 18.8 Å². The molecule has 1 aliphatic rings. The zero-order valence-corrected chi connectivity index (χ0v) is 16.3. The average molecular weight is 388 g/mol. The van der Waals surface area contributed by atoms with Crippen molar-refractivity contribution in [3.05, 3.63) is 83.7 Å². The Labute approximate surface area is 170 Å². The number of hydrogen-bond acceptors (Lipinski definition) is 3.